The average Bonchev–Trinajstić information content (AvgIpc) is 2.28. The van der Waals surface area contributed by atoms with E-state index >= 15 is 0 Å². The van der Waals surface area contributed by atoms with Crippen molar-refractivity contribution in [2.45, 2.75) is 13.0 Å². The highest BCUT2D eigenvalue weighted by atomic mass is 16.2. The van der Waals surface area contributed by atoms with Crippen LogP contribution in [0.1, 0.15) is 6.92 Å². The predicted molar refractivity (Wildman–Crippen MR) is 65.6 cm³/mol. The molecule has 0 saturated carbocycles. The van der Waals surface area contributed by atoms with E-state index in [-0.39, 0.29) is 11.9 Å². The van der Waals surface area contributed by atoms with Crippen molar-refractivity contribution in [1.29, 1.82) is 0 Å². The zero-order valence-electron chi connectivity index (χ0n) is 10.1. The van der Waals surface area contributed by atoms with Gasteiger partial charge in [0.1, 0.15) is 17.7 Å². The Bertz CT molecular complexity index is 365. The van der Waals surface area contributed by atoms with E-state index in [1.165, 1.54) is 0 Å². The SMILES string of the molecule is CNc1cccc(NC(C)C(=O)N(C)C)n1. The van der Waals surface area contributed by atoms with Crippen molar-refractivity contribution in [3.63, 3.8) is 0 Å². The van der Waals surface area contributed by atoms with Gasteiger partial charge in [0, 0.05) is 21.1 Å². The summed E-state index contributed by atoms with van der Waals surface area (Å²) in [6.07, 6.45) is 0. The third kappa shape index (κ3) is 3.12. The lowest BCUT2D eigenvalue weighted by Gasteiger charge is -2.18. The monoisotopic (exact) mass is 222 g/mol. The smallest absolute Gasteiger partial charge is 0.244 e. The molecule has 1 aromatic rings. The molecule has 0 fully saturated rings. The van der Waals surface area contributed by atoms with Crippen molar-refractivity contribution in [1.82, 2.24) is 9.88 Å². The number of nitrogens with one attached hydrogen (secondary N) is 2. The van der Waals surface area contributed by atoms with Gasteiger partial charge in [0.15, 0.2) is 0 Å². The highest BCUT2D eigenvalue weighted by Crippen LogP contribution is 2.09. The van der Waals surface area contributed by atoms with Crippen molar-refractivity contribution in [2.24, 2.45) is 0 Å². The number of amides is 1. The van der Waals surface area contributed by atoms with Gasteiger partial charge in [0.2, 0.25) is 5.91 Å². The Kier molecular flexibility index (Phi) is 4.10. The number of hydrogen-bond donors (Lipinski definition) is 2. The van der Waals surface area contributed by atoms with Gasteiger partial charge >= 0.3 is 0 Å². The lowest BCUT2D eigenvalue weighted by atomic mass is 10.3. The summed E-state index contributed by atoms with van der Waals surface area (Å²) in [5.41, 5.74) is 0. The second kappa shape index (κ2) is 5.34. The first kappa shape index (κ1) is 12.3. The quantitative estimate of drug-likeness (QED) is 0.798. The van der Waals surface area contributed by atoms with Gasteiger partial charge in [0.25, 0.3) is 0 Å². The summed E-state index contributed by atoms with van der Waals surface area (Å²) in [5, 5.41) is 6.00. The summed E-state index contributed by atoms with van der Waals surface area (Å²) >= 11 is 0. The van der Waals surface area contributed by atoms with Crippen molar-refractivity contribution >= 4 is 17.5 Å². The zero-order valence-corrected chi connectivity index (χ0v) is 10.1. The van der Waals surface area contributed by atoms with Gasteiger partial charge < -0.3 is 15.5 Å². The fraction of sp³-hybridized carbons (Fsp3) is 0.455. The van der Waals surface area contributed by atoms with Crippen LogP contribution in [-0.2, 0) is 4.79 Å². The summed E-state index contributed by atoms with van der Waals surface area (Å²) in [6, 6.07) is 5.30. The molecular formula is C11H18N4O. The Hall–Kier alpha value is -1.78. The summed E-state index contributed by atoms with van der Waals surface area (Å²) < 4.78 is 0. The Balaban J connectivity index is 2.69. The first-order chi connectivity index (χ1) is 7.54. The van der Waals surface area contributed by atoms with Crippen LogP contribution in [0.5, 0.6) is 0 Å². The molecule has 0 spiro atoms. The predicted octanol–water partition coefficient (Wildman–Crippen LogP) is 1.01. The van der Waals surface area contributed by atoms with E-state index in [2.05, 4.69) is 15.6 Å². The molecular weight excluding hydrogens is 204 g/mol. The lowest BCUT2D eigenvalue weighted by Crippen LogP contribution is -2.36. The van der Waals surface area contributed by atoms with Gasteiger partial charge in [-0.15, -0.1) is 0 Å². The van der Waals surface area contributed by atoms with E-state index in [0.29, 0.717) is 5.82 Å². The van der Waals surface area contributed by atoms with Crippen LogP contribution < -0.4 is 10.6 Å². The van der Waals surface area contributed by atoms with Crippen LogP contribution >= 0.6 is 0 Å². The molecule has 0 saturated heterocycles. The molecule has 0 aliphatic rings. The van der Waals surface area contributed by atoms with Gasteiger partial charge in [-0.3, -0.25) is 4.79 Å². The molecule has 0 bridgehead atoms. The number of nitrogens with zero attached hydrogens (tertiary/aromatic N) is 2. The van der Waals surface area contributed by atoms with E-state index in [1.807, 2.05) is 25.1 Å². The van der Waals surface area contributed by atoms with Crippen LogP contribution in [0, 0.1) is 0 Å². The molecule has 1 atom stereocenters. The van der Waals surface area contributed by atoms with Crippen LogP contribution in [0.25, 0.3) is 0 Å². The highest BCUT2D eigenvalue weighted by molar-refractivity contribution is 5.83. The second-order valence-electron chi connectivity index (χ2n) is 3.76. The third-order valence-corrected chi connectivity index (χ3v) is 2.18. The standard InChI is InChI=1S/C11H18N4O/c1-8(11(16)15(3)4)13-10-7-5-6-9(12-2)14-10/h5-8H,1-4H3,(H2,12,13,14). The summed E-state index contributed by atoms with van der Waals surface area (Å²) in [7, 11) is 5.27. The molecule has 88 valence electrons. The Morgan fingerprint density at radius 3 is 2.56 bits per heavy atom. The maximum absolute atomic E-state index is 11.6. The molecule has 1 amide bonds. The number of pyridine rings is 1. The van der Waals surface area contributed by atoms with Crippen LogP contribution in [0.15, 0.2) is 18.2 Å². The summed E-state index contributed by atoms with van der Waals surface area (Å²) in [6.45, 7) is 1.82. The maximum Gasteiger partial charge on any atom is 0.244 e. The molecule has 1 unspecified atom stereocenters. The lowest BCUT2D eigenvalue weighted by molar-refractivity contribution is -0.129. The average molecular weight is 222 g/mol. The molecule has 16 heavy (non-hydrogen) atoms. The third-order valence-electron chi connectivity index (χ3n) is 2.18. The zero-order chi connectivity index (χ0) is 12.1. The number of carbonyl (C=O) groups is 1. The van der Waals surface area contributed by atoms with Crippen LogP contribution in [0.3, 0.4) is 0 Å². The molecule has 0 radical (unpaired) electrons. The molecule has 1 aromatic heterocycles. The van der Waals surface area contributed by atoms with E-state index in [4.69, 9.17) is 0 Å². The normalized spacial score (nSPS) is 11.8. The molecule has 5 nitrogen and oxygen atoms in total. The van der Waals surface area contributed by atoms with Gasteiger partial charge in [-0.2, -0.15) is 0 Å². The largest absolute Gasteiger partial charge is 0.373 e. The van der Waals surface area contributed by atoms with E-state index in [1.54, 1.807) is 26.0 Å². The minimum Gasteiger partial charge on any atom is -0.373 e. The minimum absolute atomic E-state index is 0.0247. The minimum atomic E-state index is -0.283. The first-order valence-corrected chi connectivity index (χ1v) is 5.17. The number of likely N-dealkylation sites (N-methyl/N-ethyl adjacent to an activating group) is 1. The van der Waals surface area contributed by atoms with Crippen LogP contribution in [0.2, 0.25) is 0 Å². The Labute approximate surface area is 95.9 Å². The van der Waals surface area contributed by atoms with Crippen molar-refractivity contribution in [2.75, 3.05) is 31.8 Å². The number of hydrogen-bond acceptors (Lipinski definition) is 4. The van der Waals surface area contributed by atoms with E-state index in [0.717, 1.165) is 5.82 Å². The molecule has 2 N–H and O–H groups in total. The molecule has 0 aliphatic carbocycles. The summed E-state index contributed by atoms with van der Waals surface area (Å²) in [5.74, 6) is 1.49. The number of anilines is 2. The number of aromatic nitrogens is 1. The van der Waals surface area contributed by atoms with Gasteiger partial charge in [-0.25, -0.2) is 4.98 Å². The second-order valence-corrected chi connectivity index (χ2v) is 3.76. The number of carbonyl (C=O) groups excluding carboxylic acids is 1. The fourth-order valence-electron chi connectivity index (χ4n) is 1.33. The molecule has 5 heteroatoms. The summed E-state index contributed by atoms with van der Waals surface area (Å²) in [4.78, 5) is 17.5. The van der Waals surface area contributed by atoms with Crippen LogP contribution in [-0.4, -0.2) is 43.0 Å². The Morgan fingerprint density at radius 1 is 1.38 bits per heavy atom. The van der Waals surface area contributed by atoms with Gasteiger partial charge in [-0.1, -0.05) is 6.07 Å². The van der Waals surface area contributed by atoms with Crippen molar-refractivity contribution < 1.29 is 4.79 Å². The molecule has 0 aromatic carbocycles. The number of rotatable bonds is 4. The topological polar surface area (TPSA) is 57.3 Å². The van der Waals surface area contributed by atoms with E-state index < -0.39 is 0 Å². The maximum atomic E-state index is 11.6. The van der Waals surface area contributed by atoms with Gasteiger partial charge in [-0.05, 0) is 19.1 Å². The first-order valence-electron chi connectivity index (χ1n) is 5.17. The molecule has 1 heterocycles. The Morgan fingerprint density at radius 2 is 2.00 bits per heavy atom. The van der Waals surface area contributed by atoms with E-state index in [9.17, 15) is 4.79 Å². The van der Waals surface area contributed by atoms with Crippen molar-refractivity contribution in [3.8, 4) is 0 Å². The van der Waals surface area contributed by atoms with Crippen molar-refractivity contribution in [3.05, 3.63) is 18.2 Å². The highest BCUT2D eigenvalue weighted by Gasteiger charge is 2.14. The van der Waals surface area contributed by atoms with Gasteiger partial charge in [0.05, 0.1) is 0 Å². The van der Waals surface area contributed by atoms with Crippen LogP contribution in [0.4, 0.5) is 11.6 Å². The fourth-order valence-corrected chi connectivity index (χ4v) is 1.33. The molecule has 1 rings (SSSR count). The molecule has 0 aliphatic heterocycles.